The third-order valence-electron chi connectivity index (χ3n) is 3.37. The summed E-state index contributed by atoms with van der Waals surface area (Å²) in [7, 11) is 0. The van der Waals surface area contributed by atoms with E-state index in [1.165, 1.54) is 11.3 Å². The number of hydrogen-bond donors (Lipinski definition) is 2. The first-order valence-corrected chi connectivity index (χ1v) is 7.71. The van der Waals surface area contributed by atoms with Gasteiger partial charge in [0.1, 0.15) is 0 Å². The van der Waals surface area contributed by atoms with Crippen LogP contribution in [0.2, 0.25) is 0 Å². The molecule has 0 bridgehead atoms. The number of morpholine rings is 1. The van der Waals surface area contributed by atoms with Crippen LogP contribution < -0.4 is 5.32 Å². The molecule has 0 aromatic carbocycles. The van der Waals surface area contributed by atoms with Crippen LogP contribution >= 0.6 is 11.3 Å². The van der Waals surface area contributed by atoms with E-state index < -0.39 is 5.60 Å². The van der Waals surface area contributed by atoms with E-state index in [4.69, 9.17) is 4.74 Å². The fourth-order valence-electron chi connectivity index (χ4n) is 2.25. The lowest BCUT2D eigenvalue weighted by Gasteiger charge is -2.33. The lowest BCUT2D eigenvalue weighted by atomic mass is 10.1. The predicted octanol–water partition coefficient (Wildman–Crippen LogP) is 0.870. The minimum absolute atomic E-state index is 0.111. The first kappa shape index (κ1) is 15.4. The van der Waals surface area contributed by atoms with Crippen LogP contribution in [0.3, 0.4) is 0 Å². The van der Waals surface area contributed by atoms with Crippen molar-refractivity contribution in [3.63, 3.8) is 0 Å². The van der Waals surface area contributed by atoms with Gasteiger partial charge in [0.25, 0.3) is 5.91 Å². The van der Waals surface area contributed by atoms with Gasteiger partial charge >= 0.3 is 0 Å². The molecule has 0 saturated carbocycles. The van der Waals surface area contributed by atoms with Gasteiger partial charge in [-0.2, -0.15) is 0 Å². The van der Waals surface area contributed by atoms with Gasteiger partial charge in [0, 0.05) is 26.2 Å². The average Bonchev–Trinajstić information content (AvgIpc) is 2.83. The van der Waals surface area contributed by atoms with Crippen LogP contribution in [0.25, 0.3) is 0 Å². The quantitative estimate of drug-likeness (QED) is 0.847. The van der Waals surface area contributed by atoms with Crippen LogP contribution in [0.15, 0.2) is 11.4 Å². The molecule has 1 aromatic rings. The summed E-state index contributed by atoms with van der Waals surface area (Å²) in [5.41, 5.74) is 0.0401. The summed E-state index contributed by atoms with van der Waals surface area (Å²) < 4.78 is 5.28. The van der Waals surface area contributed by atoms with E-state index in [1.807, 2.05) is 18.4 Å². The molecule has 20 heavy (non-hydrogen) atoms. The summed E-state index contributed by atoms with van der Waals surface area (Å²) in [6, 6.07) is 1.92. The molecule has 1 unspecified atom stereocenters. The zero-order valence-electron chi connectivity index (χ0n) is 12.0. The second kappa shape index (κ2) is 6.67. The molecule has 1 aromatic heterocycles. The number of aliphatic hydroxyl groups is 1. The Morgan fingerprint density at radius 1 is 1.55 bits per heavy atom. The van der Waals surface area contributed by atoms with E-state index in [2.05, 4.69) is 10.2 Å². The Kier molecular flexibility index (Phi) is 5.15. The van der Waals surface area contributed by atoms with Crippen molar-refractivity contribution in [2.24, 2.45) is 0 Å². The SMILES string of the molecule is Cc1ccsc1C(=O)NCC(C)(O)CN1CCOCC1. The third kappa shape index (κ3) is 4.28. The molecule has 0 spiro atoms. The number of carbonyl (C=O) groups excluding carboxylic acids is 1. The fourth-order valence-corrected chi connectivity index (χ4v) is 3.09. The smallest absolute Gasteiger partial charge is 0.261 e. The van der Waals surface area contributed by atoms with Gasteiger partial charge in [-0.1, -0.05) is 0 Å². The first-order valence-electron chi connectivity index (χ1n) is 6.83. The van der Waals surface area contributed by atoms with Crippen LogP contribution in [0, 0.1) is 6.92 Å². The number of thiophene rings is 1. The maximum atomic E-state index is 12.0. The van der Waals surface area contributed by atoms with Gasteiger partial charge in [0.2, 0.25) is 0 Å². The topological polar surface area (TPSA) is 61.8 Å². The Labute approximate surface area is 123 Å². The highest BCUT2D eigenvalue weighted by atomic mass is 32.1. The second-order valence-corrected chi connectivity index (χ2v) is 6.42. The third-order valence-corrected chi connectivity index (χ3v) is 4.38. The van der Waals surface area contributed by atoms with E-state index in [-0.39, 0.29) is 12.5 Å². The number of aryl methyl sites for hydroxylation is 1. The van der Waals surface area contributed by atoms with Gasteiger partial charge in [-0.3, -0.25) is 9.69 Å². The Morgan fingerprint density at radius 2 is 2.25 bits per heavy atom. The molecule has 1 amide bonds. The molecule has 1 atom stereocenters. The number of carbonyl (C=O) groups is 1. The Balaban J connectivity index is 1.82. The Hall–Kier alpha value is -0.950. The van der Waals surface area contributed by atoms with Gasteiger partial charge in [-0.05, 0) is 30.9 Å². The van der Waals surface area contributed by atoms with Crippen LogP contribution in [0.5, 0.6) is 0 Å². The lowest BCUT2D eigenvalue weighted by molar-refractivity contribution is -0.0213. The first-order chi connectivity index (χ1) is 9.48. The van der Waals surface area contributed by atoms with E-state index in [0.29, 0.717) is 24.6 Å². The summed E-state index contributed by atoms with van der Waals surface area (Å²) in [5, 5.41) is 15.1. The number of amides is 1. The Bertz CT molecular complexity index is 453. The van der Waals surface area contributed by atoms with Crippen molar-refractivity contribution in [2.45, 2.75) is 19.4 Å². The minimum Gasteiger partial charge on any atom is -0.387 e. The van der Waals surface area contributed by atoms with Crippen molar-refractivity contribution in [1.29, 1.82) is 0 Å². The average molecular weight is 298 g/mol. The summed E-state index contributed by atoms with van der Waals surface area (Å²) in [6.07, 6.45) is 0. The standard InChI is InChI=1S/C14H22N2O3S/c1-11-3-8-20-12(11)13(17)15-9-14(2,18)10-16-4-6-19-7-5-16/h3,8,18H,4-7,9-10H2,1-2H3,(H,15,17). The van der Waals surface area contributed by atoms with Crippen molar-refractivity contribution >= 4 is 17.2 Å². The molecule has 0 radical (unpaired) electrons. The summed E-state index contributed by atoms with van der Waals surface area (Å²) >= 11 is 1.42. The van der Waals surface area contributed by atoms with Crippen molar-refractivity contribution in [2.75, 3.05) is 39.4 Å². The summed E-state index contributed by atoms with van der Waals surface area (Å²) in [4.78, 5) is 14.9. The molecule has 5 nitrogen and oxygen atoms in total. The van der Waals surface area contributed by atoms with Crippen LogP contribution in [-0.2, 0) is 4.74 Å². The number of hydrogen-bond acceptors (Lipinski definition) is 5. The number of nitrogens with one attached hydrogen (secondary N) is 1. The van der Waals surface area contributed by atoms with E-state index in [0.717, 1.165) is 18.7 Å². The van der Waals surface area contributed by atoms with Crippen molar-refractivity contribution < 1.29 is 14.6 Å². The van der Waals surface area contributed by atoms with Crippen LogP contribution in [-0.4, -0.2) is 60.9 Å². The molecular formula is C14H22N2O3S. The summed E-state index contributed by atoms with van der Waals surface area (Å²) in [5.74, 6) is -0.111. The molecule has 1 aliphatic heterocycles. The van der Waals surface area contributed by atoms with Gasteiger partial charge in [0.05, 0.1) is 23.7 Å². The van der Waals surface area contributed by atoms with Gasteiger partial charge in [0.15, 0.2) is 0 Å². The van der Waals surface area contributed by atoms with Crippen molar-refractivity contribution in [1.82, 2.24) is 10.2 Å². The molecule has 2 N–H and O–H groups in total. The molecule has 6 heteroatoms. The fraction of sp³-hybridized carbons (Fsp3) is 0.643. The molecule has 2 rings (SSSR count). The monoisotopic (exact) mass is 298 g/mol. The zero-order chi connectivity index (χ0) is 14.6. The van der Waals surface area contributed by atoms with Gasteiger partial charge in [-0.25, -0.2) is 0 Å². The van der Waals surface area contributed by atoms with Crippen LogP contribution in [0.4, 0.5) is 0 Å². The van der Waals surface area contributed by atoms with Gasteiger partial charge in [-0.15, -0.1) is 11.3 Å². The van der Waals surface area contributed by atoms with Crippen molar-refractivity contribution in [3.8, 4) is 0 Å². The minimum atomic E-state index is -0.932. The highest BCUT2D eigenvalue weighted by Gasteiger charge is 2.26. The zero-order valence-corrected chi connectivity index (χ0v) is 12.8. The molecular weight excluding hydrogens is 276 g/mol. The molecule has 1 saturated heterocycles. The highest BCUT2D eigenvalue weighted by Crippen LogP contribution is 2.15. The van der Waals surface area contributed by atoms with Gasteiger partial charge < -0.3 is 15.2 Å². The number of nitrogens with zero attached hydrogens (tertiary/aromatic N) is 1. The van der Waals surface area contributed by atoms with E-state index >= 15 is 0 Å². The highest BCUT2D eigenvalue weighted by molar-refractivity contribution is 7.12. The summed E-state index contributed by atoms with van der Waals surface area (Å²) in [6.45, 7) is 7.53. The molecule has 1 aliphatic rings. The molecule has 112 valence electrons. The number of rotatable bonds is 5. The van der Waals surface area contributed by atoms with E-state index in [1.54, 1.807) is 6.92 Å². The number of ether oxygens (including phenoxy) is 1. The molecule has 1 fully saturated rings. The molecule has 0 aliphatic carbocycles. The Morgan fingerprint density at radius 3 is 2.85 bits per heavy atom. The van der Waals surface area contributed by atoms with Crippen LogP contribution in [0.1, 0.15) is 22.2 Å². The second-order valence-electron chi connectivity index (χ2n) is 5.50. The lowest BCUT2D eigenvalue weighted by Crippen LogP contribution is -2.51. The normalized spacial score (nSPS) is 19.6. The number of β-amino-alcohol motifs (C(OH)–C–C–N with tert-alkyl or cyclic N) is 1. The molecule has 2 heterocycles. The maximum Gasteiger partial charge on any atom is 0.261 e. The van der Waals surface area contributed by atoms with Crippen molar-refractivity contribution in [3.05, 3.63) is 21.9 Å². The maximum absolute atomic E-state index is 12.0. The van der Waals surface area contributed by atoms with E-state index in [9.17, 15) is 9.90 Å². The largest absolute Gasteiger partial charge is 0.387 e. The predicted molar refractivity (Wildman–Crippen MR) is 79.3 cm³/mol.